The van der Waals surface area contributed by atoms with Crippen LogP contribution in [0, 0.1) is 0 Å². The van der Waals surface area contributed by atoms with Gasteiger partial charge in [-0.3, -0.25) is 4.99 Å². The molecule has 0 spiro atoms. The predicted molar refractivity (Wildman–Crippen MR) is 107 cm³/mol. The van der Waals surface area contributed by atoms with Gasteiger partial charge in [-0.05, 0) is 39.4 Å². The maximum Gasteiger partial charge on any atom is 0.209 e. The van der Waals surface area contributed by atoms with Gasteiger partial charge in [-0.25, -0.2) is 27.1 Å². The molecule has 0 aromatic rings. The van der Waals surface area contributed by atoms with Gasteiger partial charge in [-0.15, -0.1) is 11.6 Å². The second-order valence-corrected chi connectivity index (χ2v) is 8.85. The van der Waals surface area contributed by atoms with Crippen molar-refractivity contribution in [2.24, 2.45) is 10.3 Å². The van der Waals surface area contributed by atoms with Crippen molar-refractivity contribution in [2.45, 2.75) is 40.5 Å². The molecule has 8 nitrogen and oxygen atoms in total. The summed E-state index contributed by atoms with van der Waals surface area (Å²) in [5.41, 5.74) is 0. The lowest BCUT2D eigenvalue weighted by molar-refractivity contribution is -0.447. The molecule has 0 aliphatic heterocycles. The van der Waals surface area contributed by atoms with E-state index in [1.807, 2.05) is 13.1 Å². The van der Waals surface area contributed by atoms with E-state index >= 15 is 0 Å². The van der Waals surface area contributed by atoms with Crippen molar-refractivity contribution in [1.82, 2.24) is 4.90 Å². The monoisotopic (exact) mass is 423 g/mol. The zero-order valence-corrected chi connectivity index (χ0v) is 18.3. The molecule has 0 aromatic heterocycles. The molecule has 11 heteroatoms. The smallest absolute Gasteiger partial charge is 0.209 e. The maximum absolute atomic E-state index is 10.5. The third-order valence-corrected chi connectivity index (χ3v) is 4.75. The largest absolute Gasteiger partial charge is 0.304 e. The first-order valence-corrected chi connectivity index (χ1v) is 12.2. The highest BCUT2D eigenvalue weighted by Gasteiger charge is 2.04. The first-order chi connectivity index (χ1) is 11.5. The minimum atomic E-state index is -3.27. The fourth-order valence-corrected chi connectivity index (χ4v) is 2.86. The number of halogens is 1. The summed E-state index contributed by atoms with van der Waals surface area (Å²) >= 11 is 5.19. The molecule has 0 aromatic carbocycles. The quantitative estimate of drug-likeness (QED) is 0.308. The summed E-state index contributed by atoms with van der Waals surface area (Å²) in [6, 6.07) is 0. The summed E-state index contributed by atoms with van der Waals surface area (Å²) < 4.78 is 41.3. The molecule has 0 saturated carbocycles. The summed E-state index contributed by atoms with van der Waals surface area (Å²) in [5.74, 6) is 0.413. The predicted octanol–water partition coefficient (Wildman–Crippen LogP) is -0.912. The van der Waals surface area contributed by atoms with Crippen LogP contribution >= 0.6 is 11.6 Å². The van der Waals surface area contributed by atoms with Crippen LogP contribution in [0.25, 0.3) is 0 Å². The average Bonchev–Trinajstić information content (AvgIpc) is 2.50. The van der Waals surface area contributed by atoms with E-state index in [-0.39, 0.29) is 11.5 Å². The van der Waals surface area contributed by atoms with Crippen molar-refractivity contribution >= 4 is 37.9 Å². The normalized spacial score (nSPS) is 11.7. The van der Waals surface area contributed by atoms with Crippen LogP contribution in [-0.2, 0) is 20.0 Å². The lowest BCUT2D eigenvalue weighted by atomic mass is 10.4. The molecule has 0 aliphatic carbocycles. The molecule has 5 N–H and O–H groups in total. The number of rotatable bonds is 10. The fraction of sp³-hybridized carbons (Fsp3) is 0.929. The molecule has 0 radical (unpaired) electrons. The third kappa shape index (κ3) is 35.7. The van der Waals surface area contributed by atoms with Crippen LogP contribution in [0.3, 0.4) is 0 Å². The van der Waals surface area contributed by atoms with Gasteiger partial charge in [0.15, 0.2) is 0 Å². The highest BCUT2D eigenvalue weighted by atomic mass is 35.5. The maximum atomic E-state index is 10.5. The Labute approximate surface area is 159 Å². The van der Waals surface area contributed by atoms with E-state index in [9.17, 15) is 16.8 Å². The number of nitrogens with one attached hydrogen (secondary N) is 1. The zero-order chi connectivity index (χ0) is 20.4. The van der Waals surface area contributed by atoms with Crippen LogP contribution in [0.15, 0.2) is 0 Å². The van der Waals surface area contributed by atoms with E-state index in [1.54, 1.807) is 0 Å². The van der Waals surface area contributed by atoms with E-state index in [0.29, 0.717) is 18.7 Å². The van der Waals surface area contributed by atoms with Crippen LogP contribution in [0.2, 0.25) is 0 Å². The number of nitrogens with zero attached hydrogens (tertiary/aromatic N) is 1. The minimum Gasteiger partial charge on any atom is -0.304 e. The lowest BCUT2D eigenvalue weighted by Gasteiger charge is -2.16. The first kappa shape index (κ1) is 29.5. The van der Waals surface area contributed by atoms with E-state index in [2.05, 4.69) is 35.8 Å². The number of primary sulfonamides is 2. The van der Waals surface area contributed by atoms with Crippen LogP contribution in [-0.4, -0.2) is 71.5 Å². The van der Waals surface area contributed by atoms with Gasteiger partial charge in [0.05, 0.1) is 11.5 Å². The number of sulfonamides is 2. The van der Waals surface area contributed by atoms with Gasteiger partial charge in [0.25, 0.3) is 0 Å². The summed E-state index contributed by atoms with van der Waals surface area (Å²) in [4.78, 5) is 5.16. The van der Waals surface area contributed by atoms with Gasteiger partial charge in [-0.2, -0.15) is 0 Å². The van der Waals surface area contributed by atoms with E-state index in [4.69, 9.17) is 16.7 Å². The molecule has 0 amide bonds. The van der Waals surface area contributed by atoms with Crippen molar-refractivity contribution in [3.63, 3.8) is 0 Å². The standard InChI is InChI=1S/C7H18N2O2S.C4H9N.C3H8ClNO2S/c1-3-9(4-2)6-5-7-12(8,10)11;1-3-5-4-2;4-2-1-3-8(5,6)7/h3-7H2,1-2H3,(H2,8,10,11);3H,4H2,1-2H3;1-3H2,(H2,5,6,7)/p+1. The molecule has 154 valence electrons. The lowest BCUT2D eigenvalue weighted by Crippen LogP contribution is -2.67. The molecular weight excluding hydrogens is 388 g/mol. The van der Waals surface area contributed by atoms with Crippen molar-refractivity contribution < 1.29 is 21.8 Å². The van der Waals surface area contributed by atoms with E-state index < -0.39 is 20.0 Å². The van der Waals surface area contributed by atoms with Gasteiger partial charge < -0.3 is 4.90 Å². The molecule has 0 heterocycles. The van der Waals surface area contributed by atoms with Gasteiger partial charge in [0, 0.05) is 12.8 Å². The Hall–Kier alpha value is -0.260. The van der Waals surface area contributed by atoms with Crippen molar-refractivity contribution in [1.29, 1.82) is 0 Å². The Morgan fingerprint density at radius 2 is 1.40 bits per heavy atom. The van der Waals surface area contributed by atoms with Crippen molar-refractivity contribution in [3.8, 4) is 0 Å². The van der Waals surface area contributed by atoms with Gasteiger partial charge >= 0.3 is 0 Å². The van der Waals surface area contributed by atoms with E-state index in [1.165, 1.54) is 0 Å². The van der Waals surface area contributed by atoms with Crippen LogP contribution < -0.4 is 15.3 Å². The highest BCUT2D eigenvalue weighted by Crippen LogP contribution is 1.92. The molecular formula is C14H36ClN4O4S2+. The van der Waals surface area contributed by atoms with Gasteiger partial charge in [0.2, 0.25) is 20.0 Å². The summed E-state index contributed by atoms with van der Waals surface area (Å²) in [7, 11) is -6.53. The summed E-state index contributed by atoms with van der Waals surface area (Å²) in [6.45, 7) is 11.9. The number of alkyl halides is 1. The Morgan fingerprint density at radius 1 is 0.960 bits per heavy atom. The Morgan fingerprint density at radius 3 is 1.60 bits per heavy atom. The SMILES string of the molecule is CC=[NH+]CC.CCN(CC)CCCS(N)(=O)=O.NS(=O)(=O)CCCCl. The Bertz CT molecular complexity index is 507. The average molecular weight is 424 g/mol. The molecule has 0 unspecified atom stereocenters. The van der Waals surface area contributed by atoms with Gasteiger partial charge in [0.1, 0.15) is 12.8 Å². The minimum absolute atomic E-state index is 0.0174. The van der Waals surface area contributed by atoms with Crippen LogP contribution in [0.5, 0.6) is 0 Å². The number of hydrogen-bond donors (Lipinski definition) is 3. The molecule has 0 aliphatic rings. The molecule has 0 bridgehead atoms. The molecule has 25 heavy (non-hydrogen) atoms. The fourth-order valence-electron chi connectivity index (χ4n) is 1.49. The van der Waals surface area contributed by atoms with Crippen molar-refractivity contribution in [2.75, 3.05) is 43.6 Å². The second kappa shape index (κ2) is 18.5. The van der Waals surface area contributed by atoms with Crippen LogP contribution in [0.4, 0.5) is 0 Å². The molecule has 0 rings (SSSR count). The molecule has 0 saturated heterocycles. The number of hydrogen-bond acceptors (Lipinski definition) is 5. The Balaban J connectivity index is -0.000000321. The first-order valence-electron chi connectivity index (χ1n) is 8.27. The van der Waals surface area contributed by atoms with E-state index in [0.717, 1.165) is 26.2 Å². The zero-order valence-electron chi connectivity index (χ0n) is 15.9. The summed E-state index contributed by atoms with van der Waals surface area (Å²) in [5, 5.41) is 9.49. The van der Waals surface area contributed by atoms with Crippen molar-refractivity contribution in [3.05, 3.63) is 0 Å². The second-order valence-electron chi connectivity index (χ2n) is 5.00. The van der Waals surface area contributed by atoms with Crippen LogP contribution in [0.1, 0.15) is 40.5 Å². The number of nitrogens with two attached hydrogens (primary N) is 2. The van der Waals surface area contributed by atoms with Gasteiger partial charge in [-0.1, -0.05) is 13.8 Å². The molecule has 0 atom stereocenters. The summed E-state index contributed by atoms with van der Waals surface area (Å²) in [6.07, 6.45) is 2.99. The highest BCUT2D eigenvalue weighted by molar-refractivity contribution is 7.89. The Kier molecular flexibility index (Phi) is 21.9. The molecule has 0 fully saturated rings. The third-order valence-electron chi connectivity index (χ3n) is 2.77. The topological polar surface area (TPSA) is 138 Å².